The van der Waals surface area contributed by atoms with E-state index in [4.69, 9.17) is 17.3 Å². The van der Waals surface area contributed by atoms with Crippen LogP contribution in [-0.4, -0.2) is 35.5 Å². The van der Waals surface area contributed by atoms with Gasteiger partial charge in [-0.25, -0.2) is 0 Å². The van der Waals surface area contributed by atoms with Gasteiger partial charge in [0.15, 0.2) is 0 Å². The van der Waals surface area contributed by atoms with E-state index in [0.717, 1.165) is 25.5 Å². The predicted molar refractivity (Wildman–Crippen MR) is 58.2 cm³/mol. The van der Waals surface area contributed by atoms with Crippen LogP contribution in [0, 0.1) is 0 Å². The van der Waals surface area contributed by atoms with E-state index in [9.17, 15) is 0 Å². The third-order valence-electron chi connectivity index (χ3n) is 1.30. The lowest BCUT2D eigenvalue weighted by atomic mass is 10.5. The van der Waals surface area contributed by atoms with Gasteiger partial charge < -0.3 is 16.4 Å². The second kappa shape index (κ2) is 11.1. The van der Waals surface area contributed by atoms with Crippen molar-refractivity contribution in [3.05, 3.63) is 0 Å². The first-order chi connectivity index (χ1) is 5.58. The van der Waals surface area contributed by atoms with Gasteiger partial charge in [-0.2, -0.15) is 0 Å². The molecule has 0 bridgehead atoms. The molecule has 0 aliphatic rings. The van der Waals surface area contributed by atoms with Crippen molar-refractivity contribution in [3.8, 4) is 0 Å². The van der Waals surface area contributed by atoms with Crippen LogP contribution in [0.25, 0.3) is 0 Å². The summed E-state index contributed by atoms with van der Waals surface area (Å²) in [6, 6.07) is 0. The Kier molecular flexibility index (Phi) is 13.5. The molecule has 0 radical (unpaired) electrons. The highest BCUT2D eigenvalue weighted by Gasteiger charge is 1.93. The summed E-state index contributed by atoms with van der Waals surface area (Å²) in [4.78, 5) is 2.30. The molecule has 12 heavy (non-hydrogen) atoms. The molecule has 0 unspecified atom stereocenters. The number of quaternary nitrogens is 1. The van der Waals surface area contributed by atoms with E-state index >= 15 is 0 Å². The van der Waals surface area contributed by atoms with E-state index in [1.54, 1.807) is 0 Å². The number of nitrogens with two attached hydrogens (primary N) is 1. The Hall–Kier alpha value is 0.1000. The van der Waals surface area contributed by atoms with Crippen LogP contribution in [0.5, 0.6) is 0 Å². The summed E-state index contributed by atoms with van der Waals surface area (Å²) < 4.78 is 0. The maximum Gasteiger partial charge on any atom is 0.262 e. The van der Waals surface area contributed by atoms with Crippen LogP contribution in [0.2, 0.25) is 0 Å². The van der Waals surface area contributed by atoms with E-state index in [1.807, 2.05) is 0 Å². The molecule has 0 aromatic rings. The Morgan fingerprint density at radius 1 is 1.50 bits per heavy atom. The number of halogens is 1. The quantitative estimate of drug-likeness (QED) is 0.511. The van der Waals surface area contributed by atoms with Crippen LogP contribution in [0.15, 0.2) is 0 Å². The summed E-state index contributed by atoms with van der Waals surface area (Å²) in [6.07, 6.45) is 0. The van der Waals surface area contributed by atoms with Gasteiger partial charge in [0, 0.05) is 24.6 Å². The lowest BCUT2D eigenvalue weighted by Crippen LogP contribution is -2.60. The summed E-state index contributed by atoms with van der Waals surface area (Å²) in [6.45, 7) is 7.55. The van der Waals surface area contributed by atoms with Gasteiger partial charge in [0.1, 0.15) is 0 Å². The van der Waals surface area contributed by atoms with Crippen molar-refractivity contribution in [2.75, 3.05) is 25.5 Å². The normalized spacial score (nSPS) is 9.08. The zero-order valence-corrected chi connectivity index (χ0v) is 9.42. The largest absolute Gasteiger partial charge is 0.345 e. The van der Waals surface area contributed by atoms with Crippen molar-refractivity contribution in [2.24, 2.45) is 5.73 Å². The Bertz CT molecular complexity index is 103. The van der Waals surface area contributed by atoms with E-state index in [2.05, 4.69) is 36.7 Å². The lowest BCUT2D eigenvalue weighted by Gasteiger charge is -2.14. The van der Waals surface area contributed by atoms with Crippen LogP contribution in [-0.2, 0) is 0 Å². The molecule has 0 aliphatic heterocycles. The van der Waals surface area contributed by atoms with E-state index in [0.29, 0.717) is 0 Å². The highest BCUT2D eigenvalue weighted by molar-refractivity contribution is 7.79. The molecular formula is C7H19ClN3S+. The molecule has 0 heterocycles. The zero-order valence-electron chi connectivity index (χ0n) is 7.85. The number of hydrogen-bond acceptors (Lipinski definition) is 2. The molecule has 3 nitrogen and oxygen atoms in total. The average Bonchev–Trinajstić information content (AvgIpc) is 1.99. The molecule has 0 spiro atoms. The van der Waals surface area contributed by atoms with Crippen LogP contribution in [0.4, 0.5) is 0 Å². The highest BCUT2D eigenvalue weighted by atomic mass is 35.5. The van der Waals surface area contributed by atoms with Crippen molar-refractivity contribution in [1.29, 1.82) is 0 Å². The Labute approximate surface area is 85.0 Å². The number of rotatable bonds is 4. The van der Waals surface area contributed by atoms with Gasteiger partial charge in [0.2, 0.25) is 0 Å². The van der Waals surface area contributed by atoms with Crippen molar-refractivity contribution in [2.45, 2.75) is 13.8 Å². The van der Waals surface area contributed by atoms with Crippen LogP contribution in [0.3, 0.4) is 0 Å². The first kappa shape index (κ1) is 14.6. The predicted octanol–water partition coefficient (Wildman–Crippen LogP) is 0.0389. The third-order valence-corrected chi connectivity index (χ3v) is 1.46. The minimum atomic E-state index is 0.250. The summed E-state index contributed by atoms with van der Waals surface area (Å²) >= 11 is 9.72. The average molecular weight is 213 g/mol. The standard InChI is InChI=1S/C6H14ClN.CH4N2S/c1-3-8(4-2)6-5-7;2-1(3)4/h3-6H2,1-2H3;(H4,2,3,4)/p+1. The van der Waals surface area contributed by atoms with Gasteiger partial charge in [0.05, 0.1) is 0 Å². The molecule has 0 rings (SSSR count). The molecule has 0 aromatic heterocycles. The number of thiocarbonyl (C=S) groups is 1. The fourth-order valence-electron chi connectivity index (χ4n) is 0.659. The fraction of sp³-hybridized carbons (Fsp3) is 0.857. The van der Waals surface area contributed by atoms with Crippen LogP contribution in [0.1, 0.15) is 13.8 Å². The number of hydrogen-bond donors (Lipinski definition) is 2. The summed E-state index contributed by atoms with van der Waals surface area (Å²) in [5.41, 5.74) is 7.88. The molecule has 0 aromatic carbocycles. The molecule has 0 atom stereocenters. The topological polar surface area (TPSA) is 56.9 Å². The third kappa shape index (κ3) is 16.6. The lowest BCUT2D eigenvalue weighted by molar-refractivity contribution is -0.210. The molecule has 0 aliphatic carbocycles. The highest BCUT2D eigenvalue weighted by Crippen LogP contribution is 1.86. The van der Waals surface area contributed by atoms with Gasteiger partial charge >= 0.3 is 0 Å². The van der Waals surface area contributed by atoms with Gasteiger partial charge in [-0.1, -0.05) is 13.8 Å². The number of nitrogens with zero attached hydrogens (tertiary/aromatic N) is 1. The SMILES string of the molecule is CCN(CC)CCCl.NC([NH3+])=S. The molecule has 74 valence electrons. The van der Waals surface area contributed by atoms with Crippen molar-refractivity contribution in [1.82, 2.24) is 4.90 Å². The maximum atomic E-state index is 5.51. The molecule has 0 saturated heterocycles. The van der Waals surface area contributed by atoms with Crippen molar-refractivity contribution in [3.63, 3.8) is 0 Å². The van der Waals surface area contributed by atoms with Crippen LogP contribution >= 0.6 is 23.8 Å². The van der Waals surface area contributed by atoms with E-state index in [1.165, 1.54) is 0 Å². The van der Waals surface area contributed by atoms with Gasteiger partial charge in [-0.3, -0.25) is 0 Å². The molecular weight excluding hydrogens is 194 g/mol. The monoisotopic (exact) mass is 212 g/mol. The first-order valence-electron chi connectivity index (χ1n) is 3.98. The molecule has 5 N–H and O–H groups in total. The Balaban J connectivity index is 0. The van der Waals surface area contributed by atoms with Crippen LogP contribution < -0.4 is 11.5 Å². The van der Waals surface area contributed by atoms with Crippen molar-refractivity contribution >= 4 is 28.9 Å². The minimum Gasteiger partial charge on any atom is -0.345 e. The molecule has 5 heteroatoms. The van der Waals surface area contributed by atoms with Crippen molar-refractivity contribution < 1.29 is 5.73 Å². The van der Waals surface area contributed by atoms with E-state index < -0.39 is 0 Å². The van der Waals surface area contributed by atoms with Gasteiger partial charge in [0.25, 0.3) is 5.11 Å². The van der Waals surface area contributed by atoms with Gasteiger partial charge in [-0.15, -0.1) is 11.6 Å². The van der Waals surface area contributed by atoms with E-state index in [-0.39, 0.29) is 5.11 Å². The smallest absolute Gasteiger partial charge is 0.262 e. The second-order valence-electron chi connectivity index (χ2n) is 2.18. The molecule has 0 saturated carbocycles. The summed E-state index contributed by atoms with van der Waals surface area (Å²) in [5, 5.41) is 0.250. The second-order valence-corrected chi connectivity index (χ2v) is 3.08. The molecule has 0 fully saturated rings. The summed E-state index contributed by atoms with van der Waals surface area (Å²) in [5.74, 6) is 0.752. The number of alkyl halides is 1. The fourth-order valence-corrected chi connectivity index (χ4v) is 0.898. The summed E-state index contributed by atoms with van der Waals surface area (Å²) in [7, 11) is 0. The minimum absolute atomic E-state index is 0.250. The Morgan fingerprint density at radius 2 is 1.83 bits per heavy atom. The molecule has 0 amide bonds. The van der Waals surface area contributed by atoms with Gasteiger partial charge in [-0.05, 0) is 13.1 Å². The first-order valence-corrected chi connectivity index (χ1v) is 4.92. The Morgan fingerprint density at radius 3 is 1.92 bits per heavy atom. The maximum absolute atomic E-state index is 5.51. The zero-order chi connectivity index (χ0) is 9.98.